The van der Waals surface area contributed by atoms with Gasteiger partial charge in [0.2, 0.25) is 0 Å². The number of nitrogens with one attached hydrogen (secondary N) is 2. The van der Waals surface area contributed by atoms with E-state index in [-0.39, 0.29) is 22.4 Å². The number of carbonyl (C=O) groups excluding carboxylic acids is 1. The van der Waals surface area contributed by atoms with E-state index in [0.29, 0.717) is 12.8 Å². The second-order valence-corrected chi connectivity index (χ2v) is 6.31. The predicted octanol–water partition coefficient (Wildman–Crippen LogP) is 3.48. The third-order valence-corrected chi connectivity index (χ3v) is 4.76. The van der Waals surface area contributed by atoms with E-state index >= 15 is 0 Å². The lowest BCUT2D eigenvalue weighted by molar-refractivity contribution is -0.149. The van der Waals surface area contributed by atoms with Crippen LogP contribution in [0, 0.1) is 5.41 Å². The summed E-state index contributed by atoms with van der Waals surface area (Å²) in [5.41, 5.74) is -0.633. The van der Waals surface area contributed by atoms with E-state index in [1.807, 2.05) is 0 Å². The van der Waals surface area contributed by atoms with Crippen LogP contribution in [-0.4, -0.2) is 28.5 Å². The third kappa shape index (κ3) is 3.71. The first kappa shape index (κ1) is 16.2. The van der Waals surface area contributed by atoms with Crippen LogP contribution >= 0.6 is 23.2 Å². The Morgan fingerprint density at radius 2 is 1.86 bits per heavy atom. The minimum Gasteiger partial charge on any atom is -0.481 e. The summed E-state index contributed by atoms with van der Waals surface area (Å²) in [5, 5.41) is 12.7. The van der Waals surface area contributed by atoms with Crippen LogP contribution in [0.4, 0.5) is 0 Å². The Labute approximate surface area is 133 Å². The fourth-order valence-electron chi connectivity index (χ4n) is 2.74. The average molecular weight is 333 g/mol. The van der Waals surface area contributed by atoms with Gasteiger partial charge in [0.15, 0.2) is 0 Å². The van der Waals surface area contributed by atoms with Crippen LogP contribution in [0.5, 0.6) is 0 Å². The monoisotopic (exact) mass is 332 g/mol. The molecule has 0 radical (unpaired) electrons. The van der Waals surface area contributed by atoms with Gasteiger partial charge in [0.25, 0.3) is 5.91 Å². The van der Waals surface area contributed by atoms with Gasteiger partial charge < -0.3 is 15.4 Å². The fourth-order valence-corrected chi connectivity index (χ4v) is 3.06. The molecule has 7 heteroatoms. The molecule has 0 saturated heterocycles. The van der Waals surface area contributed by atoms with E-state index in [2.05, 4.69) is 10.3 Å². The SMILES string of the molecule is O=C(NCC1(C(=O)O)CCCCCC1)c1cc(Cl)c(Cl)[nH]1. The second kappa shape index (κ2) is 6.71. The van der Waals surface area contributed by atoms with Gasteiger partial charge in [-0.3, -0.25) is 9.59 Å². The molecule has 1 aliphatic carbocycles. The zero-order valence-electron chi connectivity index (χ0n) is 11.5. The number of aliphatic carboxylic acids is 1. The van der Waals surface area contributed by atoms with Gasteiger partial charge in [0.05, 0.1) is 10.4 Å². The van der Waals surface area contributed by atoms with Crippen molar-refractivity contribution in [2.45, 2.75) is 38.5 Å². The Hall–Kier alpha value is -1.20. The van der Waals surface area contributed by atoms with Crippen molar-refractivity contribution in [3.63, 3.8) is 0 Å². The molecule has 1 aromatic heterocycles. The Balaban J connectivity index is 2.04. The first-order valence-electron chi connectivity index (χ1n) is 7.00. The maximum atomic E-state index is 12.1. The van der Waals surface area contributed by atoms with Gasteiger partial charge in [-0.2, -0.15) is 0 Å². The Kier molecular flexibility index (Phi) is 5.17. The summed E-state index contributed by atoms with van der Waals surface area (Å²) in [5.74, 6) is -1.24. The van der Waals surface area contributed by atoms with Crippen molar-refractivity contribution in [2.75, 3.05) is 6.54 Å². The van der Waals surface area contributed by atoms with Crippen molar-refractivity contribution < 1.29 is 14.7 Å². The molecular formula is C14H18Cl2N2O3. The first-order valence-corrected chi connectivity index (χ1v) is 7.76. The van der Waals surface area contributed by atoms with Crippen molar-refractivity contribution in [2.24, 2.45) is 5.41 Å². The van der Waals surface area contributed by atoms with Gasteiger partial charge in [0, 0.05) is 6.54 Å². The number of hydrogen-bond donors (Lipinski definition) is 3. The summed E-state index contributed by atoms with van der Waals surface area (Å²) in [6.07, 6.45) is 5.03. The van der Waals surface area contributed by atoms with Gasteiger partial charge >= 0.3 is 5.97 Å². The summed E-state index contributed by atoms with van der Waals surface area (Å²) in [6.45, 7) is 0.120. The lowest BCUT2D eigenvalue weighted by atomic mass is 9.80. The van der Waals surface area contributed by atoms with Crippen molar-refractivity contribution in [1.29, 1.82) is 0 Å². The summed E-state index contributed by atoms with van der Waals surface area (Å²) in [7, 11) is 0. The number of carbonyl (C=O) groups is 2. The molecule has 1 aromatic rings. The van der Waals surface area contributed by atoms with E-state index in [4.69, 9.17) is 23.2 Å². The summed E-state index contributed by atoms with van der Waals surface area (Å²) in [6, 6.07) is 1.43. The van der Waals surface area contributed by atoms with Crippen LogP contribution < -0.4 is 5.32 Å². The van der Waals surface area contributed by atoms with E-state index in [1.54, 1.807) is 0 Å². The number of rotatable bonds is 4. The first-order chi connectivity index (χ1) is 9.94. The number of carboxylic acid groups (broad SMARTS) is 1. The van der Waals surface area contributed by atoms with Crippen LogP contribution in [0.2, 0.25) is 10.2 Å². The second-order valence-electron chi connectivity index (χ2n) is 5.53. The van der Waals surface area contributed by atoms with Gasteiger partial charge in [-0.25, -0.2) is 0 Å². The van der Waals surface area contributed by atoms with Crippen molar-refractivity contribution in [1.82, 2.24) is 10.3 Å². The lowest BCUT2D eigenvalue weighted by Crippen LogP contribution is -2.43. The maximum Gasteiger partial charge on any atom is 0.311 e. The lowest BCUT2D eigenvalue weighted by Gasteiger charge is -2.28. The molecule has 1 aliphatic rings. The van der Waals surface area contributed by atoms with Gasteiger partial charge in [-0.15, -0.1) is 0 Å². The molecular weight excluding hydrogens is 315 g/mol. The van der Waals surface area contributed by atoms with E-state index < -0.39 is 17.3 Å². The molecule has 0 spiro atoms. The molecule has 21 heavy (non-hydrogen) atoms. The minimum atomic E-state index is -0.869. The molecule has 3 N–H and O–H groups in total. The van der Waals surface area contributed by atoms with Crippen LogP contribution in [0.3, 0.4) is 0 Å². The van der Waals surface area contributed by atoms with Crippen LogP contribution in [0.1, 0.15) is 49.0 Å². The van der Waals surface area contributed by atoms with E-state index in [0.717, 1.165) is 25.7 Å². The third-order valence-electron chi connectivity index (χ3n) is 4.07. The Morgan fingerprint density at radius 1 is 1.24 bits per heavy atom. The summed E-state index contributed by atoms with van der Waals surface area (Å²) >= 11 is 11.5. The Bertz CT molecular complexity index is 515. The highest BCUT2D eigenvalue weighted by Crippen LogP contribution is 2.35. The molecule has 0 atom stereocenters. The molecule has 0 unspecified atom stereocenters. The fraction of sp³-hybridized carbons (Fsp3) is 0.571. The molecule has 1 saturated carbocycles. The number of aromatic nitrogens is 1. The van der Waals surface area contributed by atoms with Crippen LogP contribution in [-0.2, 0) is 4.79 Å². The van der Waals surface area contributed by atoms with E-state index in [1.165, 1.54) is 6.07 Å². The normalized spacial score (nSPS) is 18.0. The van der Waals surface area contributed by atoms with Crippen LogP contribution in [0.15, 0.2) is 6.07 Å². The van der Waals surface area contributed by atoms with Gasteiger partial charge in [0.1, 0.15) is 10.8 Å². The number of H-pyrrole nitrogens is 1. The average Bonchev–Trinajstić information content (AvgIpc) is 2.67. The highest BCUT2D eigenvalue weighted by Gasteiger charge is 2.39. The largest absolute Gasteiger partial charge is 0.481 e. The predicted molar refractivity (Wildman–Crippen MR) is 80.9 cm³/mol. The topological polar surface area (TPSA) is 82.2 Å². The Morgan fingerprint density at radius 3 is 2.33 bits per heavy atom. The maximum absolute atomic E-state index is 12.1. The number of aromatic amines is 1. The standard InChI is InChI=1S/C14H18Cl2N2O3/c15-9-7-10(18-11(9)16)12(19)17-8-14(13(20)21)5-3-1-2-4-6-14/h7,18H,1-6,8H2,(H,17,19)(H,20,21). The minimum absolute atomic E-state index is 0.120. The smallest absolute Gasteiger partial charge is 0.311 e. The molecule has 0 aromatic carbocycles. The molecule has 116 valence electrons. The van der Waals surface area contributed by atoms with Crippen LogP contribution in [0.25, 0.3) is 0 Å². The highest BCUT2D eigenvalue weighted by atomic mass is 35.5. The quantitative estimate of drug-likeness (QED) is 0.738. The van der Waals surface area contributed by atoms with Crippen molar-refractivity contribution in [3.05, 3.63) is 21.9 Å². The number of amides is 1. The van der Waals surface area contributed by atoms with Gasteiger partial charge in [-0.1, -0.05) is 48.9 Å². The van der Waals surface area contributed by atoms with Crippen molar-refractivity contribution in [3.8, 4) is 0 Å². The zero-order chi connectivity index (χ0) is 15.5. The summed E-state index contributed by atoms with van der Waals surface area (Å²) < 4.78 is 0. The molecule has 1 amide bonds. The number of hydrogen-bond acceptors (Lipinski definition) is 2. The molecule has 2 rings (SSSR count). The highest BCUT2D eigenvalue weighted by molar-refractivity contribution is 6.41. The van der Waals surface area contributed by atoms with E-state index in [9.17, 15) is 14.7 Å². The van der Waals surface area contributed by atoms with Gasteiger partial charge in [-0.05, 0) is 18.9 Å². The molecule has 1 fully saturated rings. The number of halogens is 2. The molecule has 0 bridgehead atoms. The molecule has 1 heterocycles. The number of carboxylic acids is 1. The zero-order valence-corrected chi connectivity index (χ0v) is 13.1. The molecule has 0 aliphatic heterocycles. The van der Waals surface area contributed by atoms with Crippen molar-refractivity contribution >= 4 is 35.1 Å². The molecule has 5 nitrogen and oxygen atoms in total. The summed E-state index contributed by atoms with van der Waals surface area (Å²) in [4.78, 5) is 26.3.